The minimum absolute atomic E-state index is 0.0611. The summed E-state index contributed by atoms with van der Waals surface area (Å²) in [6.45, 7) is 3.93. The van der Waals surface area contributed by atoms with E-state index in [-0.39, 0.29) is 12.1 Å². The number of amides is 1. The zero-order chi connectivity index (χ0) is 13.3. The van der Waals surface area contributed by atoms with Crippen LogP contribution in [0.3, 0.4) is 0 Å². The summed E-state index contributed by atoms with van der Waals surface area (Å²) in [5.74, 6) is -1.02. The average Bonchev–Trinajstić information content (AvgIpc) is 3.02. The first-order chi connectivity index (χ1) is 8.54. The molecule has 1 aromatic heterocycles. The lowest BCUT2D eigenvalue weighted by atomic mass is 10.1. The van der Waals surface area contributed by atoms with Crippen molar-refractivity contribution >= 4 is 12.4 Å². The third-order valence-electron chi connectivity index (χ3n) is 3.09. The highest BCUT2D eigenvalue weighted by Crippen LogP contribution is 2.33. The number of nitrogens with zero attached hydrogens (tertiary/aromatic N) is 3. The Morgan fingerprint density at radius 1 is 1.61 bits per heavy atom. The monoisotopic (exact) mass is 251 g/mol. The summed E-state index contributed by atoms with van der Waals surface area (Å²) in [4.78, 5) is 23.8. The van der Waals surface area contributed by atoms with Gasteiger partial charge in [-0.1, -0.05) is 0 Å². The largest absolute Gasteiger partial charge is 0.479 e. The van der Waals surface area contributed by atoms with Crippen molar-refractivity contribution in [2.24, 2.45) is 0 Å². The van der Waals surface area contributed by atoms with Gasteiger partial charge in [0.05, 0.1) is 6.20 Å². The lowest BCUT2D eigenvalue weighted by molar-refractivity contribution is -0.147. The predicted octanol–water partition coefficient (Wildman–Crippen LogP) is 1.21. The minimum atomic E-state index is -1.02. The van der Waals surface area contributed by atoms with E-state index in [2.05, 4.69) is 5.10 Å². The zero-order valence-electron chi connectivity index (χ0n) is 10.5. The maximum absolute atomic E-state index is 11.4. The Kier molecular flexibility index (Phi) is 3.36. The number of hydrogen-bond acceptors (Lipinski definition) is 3. The fraction of sp³-hybridized carbons (Fsp3) is 0.583. The van der Waals surface area contributed by atoms with E-state index in [0.717, 1.165) is 12.8 Å². The third kappa shape index (κ3) is 2.37. The molecule has 0 radical (unpaired) electrons. The van der Waals surface area contributed by atoms with Gasteiger partial charge in [-0.2, -0.15) is 5.10 Å². The van der Waals surface area contributed by atoms with Crippen LogP contribution in [0.2, 0.25) is 0 Å². The number of carbonyl (C=O) groups is 2. The van der Waals surface area contributed by atoms with Crippen molar-refractivity contribution in [3.05, 3.63) is 18.0 Å². The SMILES string of the molecule is CC(C)n1cc(C(C(=O)O)N(C=O)C2CC2)cn1. The van der Waals surface area contributed by atoms with E-state index >= 15 is 0 Å². The predicted molar refractivity (Wildman–Crippen MR) is 63.9 cm³/mol. The molecule has 1 heterocycles. The van der Waals surface area contributed by atoms with E-state index in [0.29, 0.717) is 12.0 Å². The Balaban J connectivity index is 2.28. The van der Waals surface area contributed by atoms with Gasteiger partial charge in [-0.15, -0.1) is 0 Å². The number of aromatic nitrogens is 2. The van der Waals surface area contributed by atoms with Gasteiger partial charge >= 0.3 is 5.97 Å². The maximum Gasteiger partial charge on any atom is 0.331 e. The molecule has 98 valence electrons. The first-order valence-corrected chi connectivity index (χ1v) is 6.04. The Bertz CT molecular complexity index is 451. The van der Waals surface area contributed by atoms with Crippen molar-refractivity contribution < 1.29 is 14.7 Å². The molecule has 1 unspecified atom stereocenters. The lowest BCUT2D eigenvalue weighted by Crippen LogP contribution is -2.34. The molecule has 1 aromatic rings. The molecule has 2 rings (SSSR count). The number of aliphatic carboxylic acids is 1. The Morgan fingerprint density at radius 2 is 2.28 bits per heavy atom. The molecule has 1 amide bonds. The average molecular weight is 251 g/mol. The number of carbonyl (C=O) groups excluding carboxylic acids is 1. The standard InChI is InChI=1S/C12H17N3O3/c1-8(2)15-6-9(5-13-15)11(12(17)18)14(7-16)10-3-4-10/h5-8,10-11H,3-4H2,1-2H3,(H,17,18). The maximum atomic E-state index is 11.4. The van der Waals surface area contributed by atoms with Crippen LogP contribution in [-0.2, 0) is 9.59 Å². The van der Waals surface area contributed by atoms with Gasteiger partial charge in [0.25, 0.3) is 0 Å². The van der Waals surface area contributed by atoms with Crippen molar-refractivity contribution in [3.63, 3.8) is 0 Å². The Morgan fingerprint density at radius 3 is 2.67 bits per heavy atom. The number of carboxylic acid groups (broad SMARTS) is 1. The Hall–Kier alpha value is -1.85. The van der Waals surface area contributed by atoms with Crippen LogP contribution >= 0.6 is 0 Å². The summed E-state index contributed by atoms with van der Waals surface area (Å²) in [7, 11) is 0. The van der Waals surface area contributed by atoms with Gasteiger partial charge in [0.1, 0.15) is 0 Å². The molecule has 18 heavy (non-hydrogen) atoms. The van der Waals surface area contributed by atoms with E-state index in [1.54, 1.807) is 10.9 Å². The van der Waals surface area contributed by atoms with Crippen molar-refractivity contribution in [2.45, 2.75) is 44.8 Å². The quantitative estimate of drug-likeness (QED) is 0.771. The second-order valence-corrected chi connectivity index (χ2v) is 4.87. The summed E-state index contributed by atoms with van der Waals surface area (Å²) in [6.07, 6.45) is 5.60. The normalized spacial score (nSPS) is 16.6. The van der Waals surface area contributed by atoms with Gasteiger partial charge in [0, 0.05) is 23.8 Å². The molecule has 1 atom stereocenters. The van der Waals surface area contributed by atoms with Crippen LogP contribution in [-0.4, -0.2) is 38.2 Å². The molecule has 1 saturated carbocycles. The van der Waals surface area contributed by atoms with Crippen LogP contribution < -0.4 is 0 Å². The lowest BCUT2D eigenvalue weighted by Gasteiger charge is -2.23. The Labute approximate surface area is 105 Å². The van der Waals surface area contributed by atoms with E-state index < -0.39 is 12.0 Å². The molecule has 6 nitrogen and oxygen atoms in total. The second kappa shape index (κ2) is 4.80. The highest BCUT2D eigenvalue weighted by atomic mass is 16.4. The molecule has 0 saturated heterocycles. The highest BCUT2D eigenvalue weighted by molar-refractivity contribution is 5.78. The summed E-state index contributed by atoms with van der Waals surface area (Å²) >= 11 is 0. The van der Waals surface area contributed by atoms with Crippen molar-refractivity contribution in [2.75, 3.05) is 0 Å². The van der Waals surface area contributed by atoms with E-state index in [4.69, 9.17) is 0 Å². The van der Waals surface area contributed by atoms with Crippen molar-refractivity contribution in [1.29, 1.82) is 0 Å². The molecular formula is C12H17N3O3. The van der Waals surface area contributed by atoms with Crippen LogP contribution in [0.1, 0.15) is 44.3 Å². The molecular weight excluding hydrogens is 234 g/mol. The second-order valence-electron chi connectivity index (χ2n) is 4.87. The summed E-state index contributed by atoms with van der Waals surface area (Å²) < 4.78 is 1.70. The van der Waals surface area contributed by atoms with Crippen LogP contribution in [0.15, 0.2) is 12.4 Å². The smallest absolute Gasteiger partial charge is 0.331 e. The molecule has 0 bridgehead atoms. The molecule has 0 spiro atoms. The molecule has 1 N–H and O–H groups in total. The van der Waals surface area contributed by atoms with Gasteiger partial charge in [0.15, 0.2) is 6.04 Å². The summed E-state index contributed by atoms with van der Waals surface area (Å²) in [6, 6.07) is -0.702. The highest BCUT2D eigenvalue weighted by Gasteiger charge is 2.38. The summed E-state index contributed by atoms with van der Waals surface area (Å²) in [5.41, 5.74) is 0.551. The van der Waals surface area contributed by atoms with Crippen LogP contribution in [0, 0.1) is 0 Å². The fourth-order valence-electron chi connectivity index (χ4n) is 1.95. The van der Waals surface area contributed by atoms with Gasteiger partial charge in [0.2, 0.25) is 6.41 Å². The number of carboxylic acids is 1. The van der Waals surface area contributed by atoms with Crippen LogP contribution in [0.4, 0.5) is 0 Å². The van der Waals surface area contributed by atoms with Crippen LogP contribution in [0.25, 0.3) is 0 Å². The van der Waals surface area contributed by atoms with Crippen LogP contribution in [0.5, 0.6) is 0 Å². The first-order valence-electron chi connectivity index (χ1n) is 6.04. The van der Waals surface area contributed by atoms with Crippen molar-refractivity contribution in [1.82, 2.24) is 14.7 Å². The van der Waals surface area contributed by atoms with Gasteiger partial charge < -0.3 is 10.0 Å². The fourth-order valence-corrected chi connectivity index (χ4v) is 1.95. The van der Waals surface area contributed by atoms with Gasteiger partial charge in [-0.05, 0) is 26.7 Å². The summed E-state index contributed by atoms with van der Waals surface area (Å²) in [5, 5.41) is 13.4. The topological polar surface area (TPSA) is 75.4 Å². The van der Waals surface area contributed by atoms with E-state index in [1.807, 2.05) is 13.8 Å². The molecule has 0 aliphatic heterocycles. The molecule has 0 aromatic carbocycles. The molecule has 1 aliphatic carbocycles. The van der Waals surface area contributed by atoms with Gasteiger partial charge in [-0.3, -0.25) is 9.48 Å². The number of rotatable bonds is 6. The van der Waals surface area contributed by atoms with Gasteiger partial charge in [-0.25, -0.2) is 4.79 Å². The first kappa shape index (κ1) is 12.6. The third-order valence-corrected chi connectivity index (χ3v) is 3.09. The van der Waals surface area contributed by atoms with Crippen molar-refractivity contribution in [3.8, 4) is 0 Å². The van der Waals surface area contributed by atoms with E-state index in [9.17, 15) is 14.7 Å². The molecule has 1 fully saturated rings. The zero-order valence-corrected chi connectivity index (χ0v) is 10.5. The van der Waals surface area contributed by atoms with E-state index in [1.165, 1.54) is 11.1 Å². The molecule has 1 aliphatic rings. The molecule has 6 heteroatoms. The number of hydrogen-bond donors (Lipinski definition) is 1. The minimum Gasteiger partial charge on any atom is -0.479 e.